The molecule has 7 heteroatoms. The van der Waals surface area contributed by atoms with Gasteiger partial charge in [-0.05, 0) is 43.2 Å². The van der Waals surface area contributed by atoms with E-state index in [1.165, 1.54) is 24.2 Å². The zero-order valence-corrected chi connectivity index (χ0v) is 17.4. The molecule has 0 atom stereocenters. The van der Waals surface area contributed by atoms with Crippen LogP contribution in [0.3, 0.4) is 0 Å². The van der Waals surface area contributed by atoms with Crippen molar-refractivity contribution in [3.8, 4) is 17.0 Å². The number of methoxy groups -OCH3 is 1. The molecule has 0 aliphatic carbocycles. The molecule has 1 N–H and O–H groups in total. The third-order valence-electron chi connectivity index (χ3n) is 5.32. The van der Waals surface area contributed by atoms with Crippen LogP contribution in [-0.2, 0) is 0 Å². The predicted molar refractivity (Wildman–Crippen MR) is 121 cm³/mol. The van der Waals surface area contributed by atoms with Gasteiger partial charge >= 0.3 is 5.63 Å². The minimum atomic E-state index is -0.379. The quantitative estimate of drug-likeness (QED) is 0.445. The van der Waals surface area contributed by atoms with E-state index >= 15 is 0 Å². The van der Waals surface area contributed by atoms with Gasteiger partial charge in [0, 0.05) is 35.6 Å². The lowest BCUT2D eigenvalue weighted by Crippen LogP contribution is -2.17. The van der Waals surface area contributed by atoms with Crippen molar-refractivity contribution >= 4 is 38.8 Å². The summed E-state index contributed by atoms with van der Waals surface area (Å²) < 4.78 is 11.0. The first kappa shape index (κ1) is 18.7. The molecule has 5 rings (SSSR count). The fourth-order valence-electron chi connectivity index (χ4n) is 3.77. The van der Waals surface area contributed by atoms with Gasteiger partial charge in [0.25, 0.3) is 0 Å². The van der Waals surface area contributed by atoms with Gasteiger partial charge in [0.05, 0.1) is 24.1 Å². The highest BCUT2D eigenvalue weighted by molar-refractivity contribution is 7.14. The van der Waals surface area contributed by atoms with Crippen LogP contribution in [0.15, 0.2) is 63.1 Å². The van der Waals surface area contributed by atoms with Crippen LogP contribution in [0.25, 0.3) is 22.2 Å². The molecule has 1 saturated heterocycles. The van der Waals surface area contributed by atoms with Crippen LogP contribution >= 0.6 is 11.3 Å². The number of ether oxygens (including phenoxy) is 1. The molecule has 2 aromatic carbocycles. The molecule has 1 aliphatic rings. The molecule has 1 aliphatic heterocycles. The van der Waals surface area contributed by atoms with Crippen molar-refractivity contribution in [1.82, 2.24) is 4.98 Å². The standard InChI is InChI=1S/C23H21N3O3S/c1-28-20-7-3-2-6-18(20)24-23-25-19(14-30-23)17-12-15-8-9-16(26-10-4-5-11-26)13-21(15)29-22(17)27/h2-3,6-9,12-14H,4-5,10-11H2,1H3,(H,24,25). The van der Waals surface area contributed by atoms with E-state index in [2.05, 4.69) is 21.3 Å². The fraction of sp³-hybridized carbons (Fsp3) is 0.217. The summed E-state index contributed by atoms with van der Waals surface area (Å²) in [5, 5.41) is 6.68. The molecule has 4 aromatic rings. The lowest BCUT2D eigenvalue weighted by atomic mass is 10.1. The van der Waals surface area contributed by atoms with Gasteiger partial charge in [0.2, 0.25) is 0 Å². The van der Waals surface area contributed by atoms with Crippen LogP contribution in [0.5, 0.6) is 5.75 Å². The van der Waals surface area contributed by atoms with Crippen LogP contribution < -0.4 is 20.6 Å². The summed E-state index contributed by atoms with van der Waals surface area (Å²) >= 11 is 1.43. The van der Waals surface area contributed by atoms with E-state index < -0.39 is 0 Å². The van der Waals surface area contributed by atoms with Gasteiger partial charge in [-0.15, -0.1) is 11.3 Å². The van der Waals surface area contributed by atoms with E-state index in [-0.39, 0.29) is 5.63 Å². The van der Waals surface area contributed by atoms with E-state index in [4.69, 9.17) is 9.15 Å². The second kappa shape index (κ2) is 7.84. The summed E-state index contributed by atoms with van der Waals surface area (Å²) in [6, 6.07) is 15.6. The van der Waals surface area contributed by atoms with Gasteiger partial charge in [-0.3, -0.25) is 0 Å². The Hall–Kier alpha value is -3.32. The van der Waals surface area contributed by atoms with Crippen molar-refractivity contribution in [2.24, 2.45) is 0 Å². The zero-order valence-electron chi connectivity index (χ0n) is 16.6. The van der Waals surface area contributed by atoms with E-state index in [0.717, 1.165) is 35.6 Å². The Bertz CT molecular complexity index is 1260. The summed E-state index contributed by atoms with van der Waals surface area (Å²) in [5.74, 6) is 0.730. The SMILES string of the molecule is COc1ccccc1Nc1nc(-c2cc3ccc(N4CCCC4)cc3oc2=O)cs1. The summed E-state index contributed by atoms with van der Waals surface area (Å²) in [4.78, 5) is 19.6. The Morgan fingerprint density at radius 3 is 2.80 bits per heavy atom. The van der Waals surface area contributed by atoms with Crippen molar-refractivity contribution in [2.45, 2.75) is 12.8 Å². The number of nitrogens with zero attached hydrogens (tertiary/aromatic N) is 2. The Labute approximate surface area is 177 Å². The summed E-state index contributed by atoms with van der Waals surface area (Å²) in [7, 11) is 1.63. The van der Waals surface area contributed by atoms with Crippen molar-refractivity contribution in [3.63, 3.8) is 0 Å². The Morgan fingerprint density at radius 2 is 1.97 bits per heavy atom. The molecular weight excluding hydrogens is 398 g/mol. The number of benzene rings is 2. The number of para-hydroxylation sites is 2. The average molecular weight is 420 g/mol. The third-order valence-corrected chi connectivity index (χ3v) is 6.08. The molecule has 30 heavy (non-hydrogen) atoms. The first-order valence-electron chi connectivity index (χ1n) is 9.90. The number of rotatable bonds is 5. The monoisotopic (exact) mass is 419 g/mol. The summed E-state index contributed by atoms with van der Waals surface area (Å²) in [6.45, 7) is 2.10. The van der Waals surface area contributed by atoms with Gasteiger partial charge in [0.15, 0.2) is 5.13 Å². The maximum Gasteiger partial charge on any atom is 0.345 e. The molecule has 0 unspecified atom stereocenters. The highest BCUT2D eigenvalue weighted by Gasteiger charge is 2.16. The molecule has 1 fully saturated rings. The second-order valence-corrected chi connectivity index (χ2v) is 8.09. The molecule has 0 amide bonds. The molecule has 2 aromatic heterocycles. The van der Waals surface area contributed by atoms with Crippen molar-refractivity contribution in [1.29, 1.82) is 0 Å². The number of hydrogen-bond donors (Lipinski definition) is 1. The molecule has 0 saturated carbocycles. The largest absolute Gasteiger partial charge is 0.495 e. The van der Waals surface area contributed by atoms with Gasteiger partial charge in [-0.25, -0.2) is 9.78 Å². The molecule has 152 valence electrons. The van der Waals surface area contributed by atoms with Gasteiger partial charge < -0.3 is 19.4 Å². The maximum atomic E-state index is 12.7. The van der Waals surface area contributed by atoms with Crippen LogP contribution in [-0.4, -0.2) is 25.2 Å². The number of nitrogens with one attached hydrogen (secondary N) is 1. The zero-order chi connectivity index (χ0) is 20.5. The van der Waals surface area contributed by atoms with Crippen molar-refractivity contribution in [3.05, 3.63) is 64.3 Å². The Kier molecular flexibility index (Phi) is 4.88. The highest BCUT2D eigenvalue weighted by atomic mass is 32.1. The Balaban J connectivity index is 1.45. The third kappa shape index (κ3) is 3.52. The number of thiazole rings is 1. The molecule has 6 nitrogen and oxygen atoms in total. The van der Waals surface area contributed by atoms with Crippen molar-refractivity contribution < 1.29 is 9.15 Å². The normalized spacial score (nSPS) is 13.7. The van der Waals surface area contributed by atoms with Crippen LogP contribution in [0, 0.1) is 0 Å². The average Bonchev–Trinajstić information content (AvgIpc) is 3.46. The Morgan fingerprint density at radius 1 is 1.13 bits per heavy atom. The molecular formula is C23H21N3O3S. The summed E-state index contributed by atoms with van der Waals surface area (Å²) in [6.07, 6.45) is 2.41. The van der Waals surface area contributed by atoms with Crippen LogP contribution in [0.4, 0.5) is 16.5 Å². The number of fused-ring (bicyclic) bond motifs is 1. The lowest BCUT2D eigenvalue weighted by Gasteiger charge is -2.17. The number of hydrogen-bond acceptors (Lipinski definition) is 7. The van der Waals surface area contributed by atoms with Crippen molar-refractivity contribution in [2.75, 3.05) is 30.4 Å². The minimum Gasteiger partial charge on any atom is -0.495 e. The maximum absolute atomic E-state index is 12.7. The van der Waals surface area contributed by atoms with Crippen LogP contribution in [0.1, 0.15) is 12.8 Å². The molecule has 0 spiro atoms. The molecule has 3 heterocycles. The smallest absolute Gasteiger partial charge is 0.345 e. The van der Waals surface area contributed by atoms with Crippen LogP contribution in [0.2, 0.25) is 0 Å². The van der Waals surface area contributed by atoms with E-state index in [1.54, 1.807) is 7.11 Å². The van der Waals surface area contributed by atoms with E-state index in [0.29, 0.717) is 22.0 Å². The van der Waals surface area contributed by atoms with E-state index in [9.17, 15) is 4.79 Å². The first-order chi connectivity index (χ1) is 14.7. The fourth-order valence-corrected chi connectivity index (χ4v) is 4.49. The predicted octanol–water partition coefficient (Wildman–Crippen LogP) is 5.27. The topological polar surface area (TPSA) is 67.6 Å². The number of anilines is 3. The summed E-state index contributed by atoms with van der Waals surface area (Å²) in [5.41, 5.74) is 3.21. The van der Waals surface area contributed by atoms with Gasteiger partial charge in [-0.2, -0.15) is 0 Å². The first-order valence-corrected chi connectivity index (χ1v) is 10.8. The highest BCUT2D eigenvalue weighted by Crippen LogP contribution is 2.32. The van der Waals surface area contributed by atoms with Gasteiger partial charge in [-0.1, -0.05) is 12.1 Å². The van der Waals surface area contributed by atoms with E-state index in [1.807, 2.05) is 47.8 Å². The number of aromatic nitrogens is 1. The molecule has 0 radical (unpaired) electrons. The lowest BCUT2D eigenvalue weighted by molar-refractivity contribution is 0.417. The minimum absolute atomic E-state index is 0.379. The second-order valence-electron chi connectivity index (χ2n) is 7.23. The van der Waals surface area contributed by atoms with Gasteiger partial charge in [0.1, 0.15) is 11.3 Å². The molecule has 0 bridgehead atoms.